The summed E-state index contributed by atoms with van der Waals surface area (Å²) in [6, 6.07) is 10.2. The highest BCUT2D eigenvalue weighted by Crippen LogP contribution is 2.27. The highest BCUT2D eigenvalue weighted by molar-refractivity contribution is 7.09. The number of rotatable bonds is 3. The lowest BCUT2D eigenvalue weighted by Crippen LogP contribution is -2.49. The van der Waals surface area contributed by atoms with E-state index in [1.807, 2.05) is 30.3 Å². The molecule has 0 saturated carbocycles. The second-order valence-electron chi connectivity index (χ2n) is 4.91. The van der Waals surface area contributed by atoms with Crippen LogP contribution in [0.25, 0.3) is 11.4 Å². The predicted molar refractivity (Wildman–Crippen MR) is 79.0 cm³/mol. The number of morpholine rings is 1. The van der Waals surface area contributed by atoms with Gasteiger partial charge in [0.1, 0.15) is 0 Å². The minimum Gasteiger partial charge on any atom is -0.394 e. The first-order valence-electron chi connectivity index (χ1n) is 6.66. The molecule has 2 atom stereocenters. The molecule has 1 aliphatic rings. The maximum Gasteiger partial charge on any atom is 0.205 e. The van der Waals surface area contributed by atoms with Gasteiger partial charge in [-0.3, -0.25) is 0 Å². The molecular formula is C14H17N3O2S. The Morgan fingerprint density at radius 3 is 2.95 bits per heavy atom. The monoisotopic (exact) mass is 291 g/mol. The molecule has 20 heavy (non-hydrogen) atoms. The van der Waals surface area contributed by atoms with E-state index in [1.54, 1.807) is 0 Å². The molecule has 2 heterocycles. The highest BCUT2D eigenvalue weighted by atomic mass is 32.1. The molecule has 3 rings (SSSR count). The molecule has 1 aromatic heterocycles. The molecule has 1 fully saturated rings. The standard InChI is InChI=1S/C14H17N3O2S/c1-10-9-19-12(8-18)7-17(10)14-15-13(16-20-14)11-5-3-2-4-6-11/h2-6,10,12,18H,7-9H2,1H3/t10-,12+/m1/s1. The van der Waals surface area contributed by atoms with Crippen LogP contribution in [0.3, 0.4) is 0 Å². The molecule has 0 spiro atoms. The quantitative estimate of drug-likeness (QED) is 0.934. The Kier molecular flexibility index (Phi) is 3.95. The van der Waals surface area contributed by atoms with E-state index in [-0.39, 0.29) is 18.8 Å². The van der Waals surface area contributed by atoms with E-state index in [1.165, 1.54) is 11.5 Å². The molecule has 0 radical (unpaired) electrons. The lowest BCUT2D eigenvalue weighted by molar-refractivity contribution is -0.0103. The van der Waals surface area contributed by atoms with Crippen LogP contribution >= 0.6 is 11.5 Å². The minimum absolute atomic E-state index is 0.0353. The Morgan fingerprint density at radius 1 is 1.40 bits per heavy atom. The van der Waals surface area contributed by atoms with Crippen molar-refractivity contribution < 1.29 is 9.84 Å². The zero-order valence-electron chi connectivity index (χ0n) is 11.3. The average Bonchev–Trinajstić information content (AvgIpc) is 2.98. The van der Waals surface area contributed by atoms with Crippen molar-refractivity contribution in [2.75, 3.05) is 24.7 Å². The number of aliphatic hydroxyl groups excluding tert-OH is 1. The lowest BCUT2D eigenvalue weighted by Gasteiger charge is -2.36. The van der Waals surface area contributed by atoms with Gasteiger partial charge in [-0.2, -0.15) is 9.36 Å². The van der Waals surface area contributed by atoms with Crippen LogP contribution in [-0.4, -0.2) is 46.4 Å². The summed E-state index contributed by atoms with van der Waals surface area (Å²) >= 11 is 1.39. The number of hydrogen-bond acceptors (Lipinski definition) is 6. The number of aromatic nitrogens is 2. The molecule has 1 aromatic carbocycles. The Labute approximate surface area is 122 Å². The van der Waals surface area contributed by atoms with Crippen molar-refractivity contribution in [2.45, 2.75) is 19.1 Å². The Hall–Kier alpha value is -1.50. The van der Waals surface area contributed by atoms with Crippen molar-refractivity contribution in [3.63, 3.8) is 0 Å². The molecule has 0 unspecified atom stereocenters. The van der Waals surface area contributed by atoms with Gasteiger partial charge in [-0.15, -0.1) is 0 Å². The van der Waals surface area contributed by atoms with Gasteiger partial charge in [-0.25, -0.2) is 0 Å². The Balaban J connectivity index is 1.82. The fourth-order valence-corrected chi connectivity index (χ4v) is 3.03. The van der Waals surface area contributed by atoms with E-state index in [2.05, 4.69) is 21.2 Å². The summed E-state index contributed by atoms with van der Waals surface area (Å²) in [5.74, 6) is 0.754. The molecule has 1 aliphatic heterocycles. The second kappa shape index (κ2) is 5.87. The number of hydrogen-bond donors (Lipinski definition) is 1. The van der Waals surface area contributed by atoms with Gasteiger partial charge >= 0.3 is 0 Å². The van der Waals surface area contributed by atoms with Crippen LogP contribution in [0.4, 0.5) is 5.13 Å². The largest absolute Gasteiger partial charge is 0.394 e. The summed E-state index contributed by atoms with van der Waals surface area (Å²) in [7, 11) is 0. The van der Waals surface area contributed by atoms with Gasteiger partial charge in [-0.05, 0) is 6.92 Å². The zero-order valence-corrected chi connectivity index (χ0v) is 12.1. The minimum atomic E-state index is -0.143. The molecule has 2 aromatic rings. The smallest absolute Gasteiger partial charge is 0.205 e. The third kappa shape index (κ3) is 2.67. The predicted octanol–water partition coefficient (Wildman–Crippen LogP) is 1.79. The highest BCUT2D eigenvalue weighted by Gasteiger charge is 2.28. The number of anilines is 1. The topological polar surface area (TPSA) is 58.5 Å². The van der Waals surface area contributed by atoms with E-state index in [4.69, 9.17) is 4.74 Å². The maximum absolute atomic E-state index is 9.24. The van der Waals surface area contributed by atoms with E-state index < -0.39 is 0 Å². The summed E-state index contributed by atoms with van der Waals surface area (Å²) in [6.07, 6.45) is -0.143. The molecule has 0 aliphatic carbocycles. The number of nitrogens with zero attached hydrogens (tertiary/aromatic N) is 3. The summed E-state index contributed by atoms with van der Waals surface area (Å²) in [5.41, 5.74) is 1.02. The van der Waals surface area contributed by atoms with Crippen LogP contribution < -0.4 is 4.90 Å². The van der Waals surface area contributed by atoms with Crippen LogP contribution in [0.2, 0.25) is 0 Å². The first-order chi connectivity index (χ1) is 9.78. The van der Waals surface area contributed by atoms with Gasteiger partial charge < -0.3 is 14.7 Å². The summed E-state index contributed by atoms with van der Waals surface area (Å²) in [4.78, 5) is 6.78. The van der Waals surface area contributed by atoms with Crippen LogP contribution in [0.5, 0.6) is 0 Å². The van der Waals surface area contributed by atoms with E-state index in [0.29, 0.717) is 13.2 Å². The average molecular weight is 291 g/mol. The summed E-state index contributed by atoms with van der Waals surface area (Å²) in [5, 5.41) is 10.1. The van der Waals surface area contributed by atoms with Crippen LogP contribution in [0.15, 0.2) is 30.3 Å². The van der Waals surface area contributed by atoms with Gasteiger partial charge in [0.2, 0.25) is 5.13 Å². The van der Waals surface area contributed by atoms with Crippen LogP contribution in [0, 0.1) is 0 Å². The van der Waals surface area contributed by atoms with Crippen molar-refractivity contribution in [1.82, 2.24) is 9.36 Å². The maximum atomic E-state index is 9.24. The zero-order chi connectivity index (χ0) is 13.9. The van der Waals surface area contributed by atoms with Gasteiger partial charge in [0.05, 0.1) is 25.4 Å². The van der Waals surface area contributed by atoms with Gasteiger partial charge in [0.25, 0.3) is 0 Å². The molecule has 5 nitrogen and oxygen atoms in total. The van der Waals surface area contributed by atoms with Gasteiger partial charge in [0.15, 0.2) is 5.82 Å². The molecule has 1 saturated heterocycles. The fraction of sp³-hybridized carbons (Fsp3) is 0.429. The molecule has 106 valence electrons. The molecule has 0 amide bonds. The first kappa shape index (κ1) is 13.5. The van der Waals surface area contributed by atoms with Crippen LogP contribution in [-0.2, 0) is 4.74 Å². The van der Waals surface area contributed by atoms with Crippen molar-refractivity contribution in [2.24, 2.45) is 0 Å². The van der Waals surface area contributed by atoms with Crippen molar-refractivity contribution >= 4 is 16.7 Å². The normalized spacial score (nSPS) is 23.0. The molecular weight excluding hydrogens is 274 g/mol. The lowest BCUT2D eigenvalue weighted by atomic mass is 10.2. The number of aliphatic hydroxyl groups is 1. The third-order valence-corrected chi connectivity index (χ3v) is 4.16. The van der Waals surface area contributed by atoms with Crippen molar-refractivity contribution in [1.29, 1.82) is 0 Å². The molecule has 6 heteroatoms. The molecule has 0 bridgehead atoms. The number of benzene rings is 1. The summed E-state index contributed by atoms with van der Waals surface area (Å²) < 4.78 is 9.98. The first-order valence-corrected chi connectivity index (χ1v) is 7.43. The van der Waals surface area contributed by atoms with E-state index in [0.717, 1.165) is 16.5 Å². The molecule has 1 N–H and O–H groups in total. The van der Waals surface area contributed by atoms with Gasteiger partial charge in [-0.1, -0.05) is 30.3 Å². The van der Waals surface area contributed by atoms with E-state index in [9.17, 15) is 5.11 Å². The second-order valence-corrected chi connectivity index (χ2v) is 5.64. The SMILES string of the molecule is C[C@@H]1CO[C@H](CO)CN1c1nc(-c2ccccc2)ns1. The Bertz CT molecular complexity index is 561. The third-order valence-electron chi connectivity index (χ3n) is 3.40. The van der Waals surface area contributed by atoms with Gasteiger partial charge in [0, 0.05) is 23.6 Å². The van der Waals surface area contributed by atoms with Crippen LogP contribution in [0.1, 0.15) is 6.92 Å². The fourth-order valence-electron chi connectivity index (χ4n) is 2.23. The summed E-state index contributed by atoms with van der Waals surface area (Å²) in [6.45, 7) is 3.39. The Morgan fingerprint density at radius 2 is 2.20 bits per heavy atom. The van der Waals surface area contributed by atoms with Crippen molar-refractivity contribution in [3.8, 4) is 11.4 Å². The van der Waals surface area contributed by atoms with Crippen molar-refractivity contribution in [3.05, 3.63) is 30.3 Å². The van der Waals surface area contributed by atoms with E-state index >= 15 is 0 Å². The number of ether oxygens (including phenoxy) is 1.